The SMILES string of the molecule is CC1CCc2[nH]c3ccc(C(=O)NCC(C(C)C)N(C)C)cc3c2C1. The highest BCUT2D eigenvalue weighted by atomic mass is 16.1. The van der Waals surface area contributed by atoms with Crippen LogP contribution in [0.3, 0.4) is 0 Å². The van der Waals surface area contributed by atoms with Crippen molar-refractivity contribution in [1.82, 2.24) is 15.2 Å². The molecule has 1 aromatic carbocycles. The summed E-state index contributed by atoms with van der Waals surface area (Å²) in [6.07, 6.45) is 3.47. The summed E-state index contributed by atoms with van der Waals surface area (Å²) < 4.78 is 0. The molecule has 0 spiro atoms. The normalized spacial score (nSPS) is 18.6. The van der Waals surface area contributed by atoms with E-state index in [2.05, 4.69) is 62.2 Å². The Morgan fingerprint density at radius 3 is 2.80 bits per heavy atom. The Balaban J connectivity index is 1.79. The van der Waals surface area contributed by atoms with E-state index in [9.17, 15) is 4.79 Å². The lowest BCUT2D eigenvalue weighted by Gasteiger charge is -2.28. The third-order valence-corrected chi connectivity index (χ3v) is 5.60. The highest BCUT2D eigenvalue weighted by Crippen LogP contribution is 2.32. The molecule has 0 saturated heterocycles. The summed E-state index contributed by atoms with van der Waals surface area (Å²) in [5, 5.41) is 4.34. The molecular formula is C21H31N3O. The van der Waals surface area contributed by atoms with E-state index in [-0.39, 0.29) is 5.91 Å². The van der Waals surface area contributed by atoms with Crippen molar-refractivity contribution in [2.45, 2.75) is 46.1 Å². The maximum atomic E-state index is 12.7. The molecule has 3 rings (SSSR count). The third kappa shape index (κ3) is 3.74. The van der Waals surface area contributed by atoms with Crippen molar-refractivity contribution in [2.24, 2.45) is 11.8 Å². The largest absolute Gasteiger partial charge is 0.358 e. The Morgan fingerprint density at radius 2 is 2.12 bits per heavy atom. The highest BCUT2D eigenvalue weighted by Gasteiger charge is 2.21. The molecule has 136 valence electrons. The molecule has 4 nitrogen and oxygen atoms in total. The summed E-state index contributed by atoms with van der Waals surface area (Å²) in [6, 6.07) is 6.40. The molecule has 1 amide bonds. The number of nitrogens with one attached hydrogen (secondary N) is 2. The van der Waals surface area contributed by atoms with Gasteiger partial charge in [-0.15, -0.1) is 0 Å². The average molecular weight is 341 g/mol. The zero-order valence-electron chi connectivity index (χ0n) is 16.1. The summed E-state index contributed by atoms with van der Waals surface area (Å²) in [4.78, 5) is 18.4. The Bertz CT molecular complexity index is 752. The predicted molar refractivity (Wildman–Crippen MR) is 104 cm³/mol. The topological polar surface area (TPSA) is 48.1 Å². The van der Waals surface area contributed by atoms with E-state index in [0.717, 1.165) is 29.8 Å². The number of aromatic nitrogens is 1. The molecule has 0 radical (unpaired) electrons. The Hall–Kier alpha value is -1.81. The van der Waals surface area contributed by atoms with Crippen molar-refractivity contribution >= 4 is 16.8 Å². The van der Waals surface area contributed by atoms with Crippen LogP contribution in [0.1, 0.15) is 48.8 Å². The van der Waals surface area contributed by atoms with Gasteiger partial charge in [0, 0.05) is 34.7 Å². The number of benzene rings is 1. The van der Waals surface area contributed by atoms with Gasteiger partial charge in [-0.1, -0.05) is 20.8 Å². The van der Waals surface area contributed by atoms with Crippen LogP contribution >= 0.6 is 0 Å². The molecule has 0 saturated carbocycles. The van der Waals surface area contributed by atoms with Crippen LogP contribution in [0.5, 0.6) is 0 Å². The second kappa shape index (κ2) is 7.20. The molecule has 1 aromatic heterocycles. The summed E-state index contributed by atoms with van der Waals surface area (Å²) in [5.41, 5.74) is 4.69. The molecule has 0 aliphatic heterocycles. The zero-order valence-corrected chi connectivity index (χ0v) is 16.1. The van der Waals surface area contributed by atoms with Crippen molar-refractivity contribution in [1.29, 1.82) is 0 Å². The first-order valence-corrected chi connectivity index (χ1v) is 9.45. The van der Waals surface area contributed by atoms with Gasteiger partial charge >= 0.3 is 0 Å². The van der Waals surface area contributed by atoms with E-state index in [1.54, 1.807) is 0 Å². The number of nitrogens with zero attached hydrogens (tertiary/aromatic N) is 1. The standard InChI is InChI=1S/C21H31N3O/c1-13(2)20(24(4)5)12-22-21(25)15-7-9-19-17(11-15)16-10-14(3)6-8-18(16)23-19/h7,9,11,13-14,20,23H,6,8,10,12H2,1-5H3,(H,22,25). The van der Waals surface area contributed by atoms with E-state index < -0.39 is 0 Å². The first kappa shape index (κ1) is 18.0. The smallest absolute Gasteiger partial charge is 0.251 e. The van der Waals surface area contributed by atoms with Gasteiger partial charge in [0.05, 0.1) is 0 Å². The lowest BCUT2D eigenvalue weighted by molar-refractivity contribution is 0.0935. The second-order valence-electron chi connectivity index (χ2n) is 8.18. The molecule has 2 unspecified atom stereocenters. The minimum atomic E-state index is 0.0215. The van der Waals surface area contributed by atoms with Crippen molar-refractivity contribution in [2.75, 3.05) is 20.6 Å². The van der Waals surface area contributed by atoms with Gasteiger partial charge in [-0.3, -0.25) is 4.79 Å². The van der Waals surface area contributed by atoms with E-state index in [1.807, 2.05) is 6.07 Å². The van der Waals surface area contributed by atoms with E-state index in [1.165, 1.54) is 23.1 Å². The Morgan fingerprint density at radius 1 is 1.36 bits per heavy atom. The van der Waals surface area contributed by atoms with Crippen LogP contribution in [0.2, 0.25) is 0 Å². The molecule has 2 atom stereocenters. The van der Waals surface area contributed by atoms with E-state index in [4.69, 9.17) is 0 Å². The number of amides is 1. The van der Waals surface area contributed by atoms with Crippen LogP contribution < -0.4 is 5.32 Å². The molecular weight excluding hydrogens is 310 g/mol. The number of carbonyl (C=O) groups is 1. The lowest BCUT2D eigenvalue weighted by atomic mass is 9.87. The molecule has 0 fully saturated rings. The molecule has 2 N–H and O–H groups in total. The van der Waals surface area contributed by atoms with Crippen LogP contribution in [0.25, 0.3) is 10.9 Å². The number of H-pyrrole nitrogens is 1. The maximum absolute atomic E-state index is 12.7. The van der Waals surface area contributed by atoms with Crippen molar-refractivity contribution in [3.63, 3.8) is 0 Å². The van der Waals surface area contributed by atoms with Crippen LogP contribution in [0.15, 0.2) is 18.2 Å². The van der Waals surface area contributed by atoms with Gasteiger partial charge in [0.25, 0.3) is 5.91 Å². The summed E-state index contributed by atoms with van der Waals surface area (Å²) >= 11 is 0. The van der Waals surface area contributed by atoms with Gasteiger partial charge in [0.15, 0.2) is 0 Å². The molecule has 2 aromatic rings. The second-order valence-corrected chi connectivity index (χ2v) is 8.18. The Kier molecular flexibility index (Phi) is 5.19. The molecule has 0 bridgehead atoms. The fraction of sp³-hybridized carbons (Fsp3) is 0.571. The van der Waals surface area contributed by atoms with Crippen LogP contribution in [-0.2, 0) is 12.8 Å². The van der Waals surface area contributed by atoms with E-state index in [0.29, 0.717) is 18.5 Å². The summed E-state index contributed by atoms with van der Waals surface area (Å²) in [5.74, 6) is 1.24. The number of fused-ring (bicyclic) bond motifs is 3. The summed E-state index contributed by atoms with van der Waals surface area (Å²) in [7, 11) is 4.13. The van der Waals surface area contributed by atoms with Crippen molar-refractivity contribution < 1.29 is 4.79 Å². The number of hydrogen-bond acceptors (Lipinski definition) is 2. The van der Waals surface area contributed by atoms with Gasteiger partial charge in [0.1, 0.15) is 0 Å². The van der Waals surface area contributed by atoms with Gasteiger partial charge in [0.2, 0.25) is 0 Å². The first-order valence-electron chi connectivity index (χ1n) is 9.45. The molecule has 1 aliphatic rings. The number of aromatic amines is 1. The monoisotopic (exact) mass is 341 g/mol. The van der Waals surface area contributed by atoms with Gasteiger partial charge < -0.3 is 15.2 Å². The molecule has 25 heavy (non-hydrogen) atoms. The molecule has 4 heteroatoms. The molecule has 1 aliphatic carbocycles. The fourth-order valence-electron chi connectivity index (χ4n) is 4.05. The van der Waals surface area contributed by atoms with Gasteiger partial charge in [-0.25, -0.2) is 0 Å². The van der Waals surface area contributed by atoms with Crippen molar-refractivity contribution in [3.8, 4) is 0 Å². The van der Waals surface area contributed by atoms with Crippen LogP contribution in [0.4, 0.5) is 0 Å². The highest BCUT2D eigenvalue weighted by molar-refractivity contribution is 5.99. The summed E-state index contributed by atoms with van der Waals surface area (Å²) in [6.45, 7) is 7.36. The lowest BCUT2D eigenvalue weighted by Crippen LogP contribution is -2.43. The third-order valence-electron chi connectivity index (χ3n) is 5.60. The predicted octanol–water partition coefficient (Wildman–Crippen LogP) is 3.61. The number of likely N-dealkylation sites (N-methyl/N-ethyl adjacent to an activating group) is 1. The van der Waals surface area contributed by atoms with Crippen LogP contribution in [0, 0.1) is 11.8 Å². The Labute approximate surface area is 151 Å². The quantitative estimate of drug-likeness (QED) is 0.873. The van der Waals surface area contributed by atoms with Crippen LogP contribution in [-0.4, -0.2) is 42.5 Å². The van der Waals surface area contributed by atoms with Gasteiger partial charge in [-0.05, 0) is 69.0 Å². The number of hydrogen-bond donors (Lipinski definition) is 2. The first-order chi connectivity index (χ1) is 11.9. The number of rotatable bonds is 5. The maximum Gasteiger partial charge on any atom is 0.251 e. The zero-order chi connectivity index (χ0) is 18.1. The molecule has 1 heterocycles. The number of carbonyl (C=O) groups excluding carboxylic acids is 1. The minimum Gasteiger partial charge on any atom is -0.358 e. The average Bonchev–Trinajstić information content (AvgIpc) is 2.91. The van der Waals surface area contributed by atoms with Gasteiger partial charge in [-0.2, -0.15) is 0 Å². The van der Waals surface area contributed by atoms with E-state index >= 15 is 0 Å². The minimum absolute atomic E-state index is 0.0215. The fourth-order valence-corrected chi connectivity index (χ4v) is 4.05. The number of aryl methyl sites for hydroxylation is 1. The van der Waals surface area contributed by atoms with Crippen molar-refractivity contribution in [3.05, 3.63) is 35.0 Å².